The Hall–Kier alpha value is -2.41. The van der Waals surface area contributed by atoms with Crippen LogP contribution in [-0.4, -0.2) is 24.6 Å². The Morgan fingerprint density at radius 1 is 1.12 bits per heavy atom. The van der Waals surface area contributed by atoms with Gasteiger partial charge in [-0.25, -0.2) is 9.18 Å². The average molecular weight is 396 g/mol. The van der Waals surface area contributed by atoms with Crippen molar-refractivity contribution < 1.29 is 23.5 Å². The van der Waals surface area contributed by atoms with Gasteiger partial charge in [-0.2, -0.15) is 0 Å². The molecule has 0 fully saturated rings. The van der Waals surface area contributed by atoms with Crippen LogP contribution in [0.15, 0.2) is 53.0 Å². The zero-order chi connectivity index (χ0) is 17.5. The van der Waals surface area contributed by atoms with E-state index in [1.54, 1.807) is 24.3 Å². The zero-order valence-corrected chi connectivity index (χ0v) is 14.4. The molecule has 7 heteroatoms. The molecular formula is C17H15BrFNO4. The summed E-state index contributed by atoms with van der Waals surface area (Å²) >= 11 is 3.29. The molecule has 0 spiro atoms. The van der Waals surface area contributed by atoms with E-state index in [2.05, 4.69) is 21.2 Å². The molecule has 2 aromatic carbocycles. The molecule has 0 aliphatic carbocycles. The molecule has 1 amide bonds. The van der Waals surface area contributed by atoms with Crippen molar-refractivity contribution in [1.82, 2.24) is 0 Å². The number of nitrogens with one attached hydrogen (secondary N) is 1. The molecule has 2 rings (SSSR count). The number of halogens is 2. The van der Waals surface area contributed by atoms with Crippen molar-refractivity contribution in [3.8, 4) is 5.75 Å². The number of carbonyl (C=O) groups excluding carboxylic acids is 2. The molecule has 0 bridgehead atoms. The lowest BCUT2D eigenvalue weighted by atomic mass is 10.3. The molecule has 24 heavy (non-hydrogen) atoms. The van der Waals surface area contributed by atoms with Gasteiger partial charge in [0.25, 0.3) is 5.91 Å². The van der Waals surface area contributed by atoms with E-state index in [-0.39, 0.29) is 0 Å². The van der Waals surface area contributed by atoms with Crippen molar-refractivity contribution in [2.75, 3.05) is 11.9 Å². The maximum atomic E-state index is 12.8. The molecule has 0 unspecified atom stereocenters. The number of hydrogen-bond acceptors (Lipinski definition) is 4. The molecule has 2 aromatic rings. The van der Waals surface area contributed by atoms with Gasteiger partial charge in [-0.3, -0.25) is 4.79 Å². The number of rotatable bonds is 6. The molecule has 5 nitrogen and oxygen atoms in total. The monoisotopic (exact) mass is 395 g/mol. The Bertz CT molecular complexity index is 704. The van der Waals surface area contributed by atoms with Gasteiger partial charge in [-0.15, -0.1) is 0 Å². The fourth-order valence-corrected chi connectivity index (χ4v) is 2.01. The number of esters is 1. The van der Waals surface area contributed by atoms with E-state index < -0.39 is 30.4 Å². The first kappa shape index (κ1) is 17.9. The van der Waals surface area contributed by atoms with Crippen LogP contribution in [0.3, 0.4) is 0 Å². The quantitative estimate of drug-likeness (QED) is 0.759. The van der Waals surface area contributed by atoms with E-state index >= 15 is 0 Å². The van der Waals surface area contributed by atoms with Gasteiger partial charge in [0.2, 0.25) is 0 Å². The van der Waals surface area contributed by atoms with Crippen molar-refractivity contribution in [3.05, 3.63) is 58.8 Å². The highest BCUT2D eigenvalue weighted by Crippen LogP contribution is 2.15. The van der Waals surface area contributed by atoms with Crippen LogP contribution in [0, 0.1) is 5.82 Å². The maximum absolute atomic E-state index is 12.8. The molecule has 0 saturated heterocycles. The Labute approximate surface area is 146 Å². The fourth-order valence-electron chi connectivity index (χ4n) is 1.75. The fraction of sp³-hybridized carbons (Fsp3) is 0.176. The van der Waals surface area contributed by atoms with Crippen LogP contribution in [0.25, 0.3) is 0 Å². The molecule has 1 atom stereocenters. The largest absolute Gasteiger partial charge is 0.479 e. The minimum Gasteiger partial charge on any atom is -0.479 e. The Kier molecular flexibility index (Phi) is 6.31. The predicted molar refractivity (Wildman–Crippen MR) is 90.2 cm³/mol. The topological polar surface area (TPSA) is 64.6 Å². The second-order valence-electron chi connectivity index (χ2n) is 4.88. The standard InChI is InChI=1S/C17H15BrFNO4/c1-11(24-15-8-4-13(19)5-9-15)17(22)23-10-16(21)20-14-6-2-12(18)3-7-14/h2-9,11H,10H2,1H3,(H,20,21)/t11-/m1/s1. The Morgan fingerprint density at radius 3 is 2.38 bits per heavy atom. The van der Waals surface area contributed by atoms with Crippen LogP contribution in [0.4, 0.5) is 10.1 Å². The second kappa shape index (κ2) is 8.44. The Balaban J connectivity index is 1.77. The molecular weight excluding hydrogens is 381 g/mol. The first-order valence-corrected chi connectivity index (χ1v) is 7.87. The summed E-state index contributed by atoms with van der Waals surface area (Å²) in [6, 6.07) is 12.2. The number of amides is 1. The molecule has 0 aromatic heterocycles. The zero-order valence-electron chi connectivity index (χ0n) is 12.8. The minimum absolute atomic E-state index is 0.333. The number of hydrogen-bond donors (Lipinski definition) is 1. The molecule has 1 N–H and O–H groups in total. The van der Waals surface area contributed by atoms with Crippen LogP contribution >= 0.6 is 15.9 Å². The van der Waals surface area contributed by atoms with Crippen molar-refractivity contribution in [3.63, 3.8) is 0 Å². The SMILES string of the molecule is C[C@@H](Oc1ccc(F)cc1)C(=O)OCC(=O)Nc1ccc(Br)cc1. The van der Waals surface area contributed by atoms with Crippen molar-refractivity contribution in [2.45, 2.75) is 13.0 Å². The van der Waals surface area contributed by atoms with Crippen LogP contribution in [0.2, 0.25) is 0 Å². The van der Waals surface area contributed by atoms with E-state index in [4.69, 9.17) is 9.47 Å². The van der Waals surface area contributed by atoms with E-state index in [1.165, 1.54) is 31.2 Å². The summed E-state index contributed by atoms with van der Waals surface area (Å²) < 4.78 is 23.9. The summed E-state index contributed by atoms with van der Waals surface area (Å²) in [5.74, 6) is -1.22. The minimum atomic E-state index is -0.920. The molecule has 0 aliphatic heterocycles. The third kappa shape index (κ3) is 5.66. The van der Waals surface area contributed by atoms with E-state index in [0.717, 1.165) is 4.47 Å². The van der Waals surface area contributed by atoms with Gasteiger partial charge in [-0.05, 0) is 55.5 Å². The second-order valence-corrected chi connectivity index (χ2v) is 5.79. The number of anilines is 1. The van der Waals surface area contributed by atoms with Crippen LogP contribution in [0.1, 0.15) is 6.92 Å². The highest BCUT2D eigenvalue weighted by Gasteiger charge is 2.18. The third-order valence-electron chi connectivity index (χ3n) is 2.93. The number of ether oxygens (including phenoxy) is 2. The molecule has 0 aliphatic rings. The van der Waals surface area contributed by atoms with Gasteiger partial charge in [0.05, 0.1) is 0 Å². The predicted octanol–water partition coefficient (Wildman–Crippen LogP) is 3.54. The van der Waals surface area contributed by atoms with Crippen LogP contribution in [-0.2, 0) is 14.3 Å². The first-order chi connectivity index (χ1) is 11.4. The molecule has 0 saturated carbocycles. The maximum Gasteiger partial charge on any atom is 0.347 e. The smallest absolute Gasteiger partial charge is 0.347 e. The van der Waals surface area contributed by atoms with Crippen molar-refractivity contribution in [2.24, 2.45) is 0 Å². The number of carbonyl (C=O) groups is 2. The molecule has 0 radical (unpaired) electrons. The lowest BCUT2D eigenvalue weighted by Crippen LogP contribution is -2.29. The number of benzene rings is 2. The van der Waals surface area contributed by atoms with Gasteiger partial charge in [0.15, 0.2) is 12.7 Å². The summed E-state index contributed by atoms with van der Waals surface area (Å²) in [5.41, 5.74) is 0.592. The summed E-state index contributed by atoms with van der Waals surface area (Å²) in [4.78, 5) is 23.5. The van der Waals surface area contributed by atoms with Crippen molar-refractivity contribution >= 4 is 33.5 Å². The molecule has 126 valence electrons. The lowest BCUT2D eigenvalue weighted by molar-refractivity contribution is -0.153. The summed E-state index contributed by atoms with van der Waals surface area (Å²) in [6.07, 6.45) is -0.920. The highest BCUT2D eigenvalue weighted by molar-refractivity contribution is 9.10. The van der Waals surface area contributed by atoms with Crippen LogP contribution < -0.4 is 10.1 Å². The van der Waals surface area contributed by atoms with Gasteiger partial charge < -0.3 is 14.8 Å². The summed E-state index contributed by atoms with van der Waals surface area (Å²) in [7, 11) is 0. The van der Waals surface area contributed by atoms with Gasteiger partial charge >= 0.3 is 5.97 Å². The van der Waals surface area contributed by atoms with Crippen molar-refractivity contribution in [1.29, 1.82) is 0 Å². The highest BCUT2D eigenvalue weighted by atomic mass is 79.9. The van der Waals surface area contributed by atoms with Gasteiger partial charge in [0, 0.05) is 10.2 Å². The summed E-state index contributed by atoms with van der Waals surface area (Å²) in [6.45, 7) is 1.06. The van der Waals surface area contributed by atoms with Gasteiger partial charge in [0.1, 0.15) is 11.6 Å². The molecule has 0 heterocycles. The third-order valence-corrected chi connectivity index (χ3v) is 3.46. The summed E-state index contributed by atoms with van der Waals surface area (Å²) in [5, 5.41) is 2.60. The average Bonchev–Trinajstić information content (AvgIpc) is 2.57. The lowest BCUT2D eigenvalue weighted by Gasteiger charge is -2.14. The van der Waals surface area contributed by atoms with E-state index in [0.29, 0.717) is 11.4 Å². The normalized spacial score (nSPS) is 11.5. The van der Waals surface area contributed by atoms with E-state index in [1.807, 2.05) is 0 Å². The Morgan fingerprint density at radius 2 is 1.75 bits per heavy atom. The van der Waals surface area contributed by atoms with Gasteiger partial charge in [-0.1, -0.05) is 15.9 Å². The van der Waals surface area contributed by atoms with E-state index in [9.17, 15) is 14.0 Å². The first-order valence-electron chi connectivity index (χ1n) is 7.08. The van der Waals surface area contributed by atoms with Crippen LogP contribution in [0.5, 0.6) is 5.75 Å².